The molecule has 2 amide bonds. The lowest BCUT2D eigenvalue weighted by Gasteiger charge is -2.26. The first-order chi connectivity index (χ1) is 11.6. The van der Waals surface area contributed by atoms with Crippen molar-refractivity contribution in [2.75, 3.05) is 18.5 Å². The van der Waals surface area contributed by atoms with Gasteiger partial charge in [0.2, 0.25) is 0 Å². The van der Waals surface area contributed by atoms with Gasteiger partial charge < -0.3 is 15.4 Å². The molecule has 2 aromatic carbocycles. The van der Waals surface area contributed by atoms with E-state index in [1.54, 1.807) is 24.3 Å². The number of halogens is 1. The number of amides is 2. The molecule has 0 saturated carbocycles. The van der Waals surface area contributed by atoms with Crippen LogP contribution in [0.15, 0.2) is 53.0 Å². The molecular weight excluding hydrogens is 372 g/mol. The quantitative estimate of drug-likeness (QED) is 0.794. The largest absolute Gasteiger partial charge is 0.371 e. The van der Waals surface area contributed by atoms with Crippen LogP contribution in [0.1, 0.15) is 17.2 Å². The zero-order valence-electron chi connectivity index (χ0n) is 12.9. The molecule has 0 bridgehead atoms. The monoisotopic (exact) mass is 388 g/mol. The molecule has 0 fully saturated rings. The van der Waals surface area contributed by atoms with Gasteiger partial charge >= 0.3 is 11.8 Å². The number of fused-ring (bicyclic) bond motifs is 1. The fourth-order valence-electron chi connectivity index (χ4n) is 2.63. The Bertz CT molecular complexity index is 746. The Morgan fingerprint density at radius 2 is 1.83 bits per heavy atom. The lowest BCUT2D eigenvalue weighted by Crippen LogP contribution is -2.38. The molecule has 0 aliphatic carbocycles. The van der Waals surface area contributed by atoms with Crippen LogP contribution in [0.3, 0.4) is 0 Å². The maximum atomic E-state index is 12.0. The maximum absolute atomic E-state index is 12.0. The molecule has 24 heavy (non-hydrogen) atoms. The fourth-order valence-corrected chi connectivity index (χ4v) is 2.90. The molecule has 0 unspecified atom stereocenters. The van der Waals surface area contributed by atoms with E-state index in [-0.39, 0.29) is 12.6 Å². The van der Waals surface area contributed by atoms with Crippen molar-refractivity contribution in [1.29, 1.82) is 0 Å². The number of ether oxygens (including phenoxy) is 1. The summed E-state index contributed by atoms with van der Waals surface area (Å²) >= 11 is 3.32. The summed E-state index contributed by atoms with van der Waals surface area (Å²) in [5.74, 6) is -1.37. The van der Waals surface area contributed by atoms with Crippen molar-refractivity contribution in [3.05, 3.63) is 64.1 Å². The van der Waals surface area contributed by atoms with E-state index in [0.717, 1.165) is 16.5 Å². The van der Waals surface area contributed by atoms with Crippen molar-refractivity contribution in [1.82, 2.24) is 5.32 Å². The highest BCUT2D eigenvalue weighted by molar-refractivity contribution is 9.10. The molecule has 1 aliphatic heterocycles. The number of benzene rings is 2. The molecule has 1 heterocycles. The first-order valence-corrected chi connectivity index (χ1v) is 8.47. The first kappa shape index (κ1) is 16.7. The normalized spacial score (nSPS) is 16.1. The number of anilines is 1. The zero-order valence-corrected chi connectivity index (χ0v) is 14.5. The predicted octanol–water partition coefficient (Wildman–Crippen LogP) is 2.82. The van der Waals surface area contributed by atoms with Gasteiger partial charge in [-0.1, -0.05) is 40.2 Å². The van der Waals surface area contributed by atoms with Gasteiger partial charge in [0.25, 0.3) is 0 Å². The van der Waals surface area contributed by atoms with Gasteiger partial charge in [0.05, 0.1) is 6.61 Å². The molecule has 1 aliphatic rings. The molecule has 2 N–H and O–H groups in total. The molecule has 3 rings (SSSR count). The molecular formula is C18H17BrN2O3. The number of carbonyl (C=O) groups excluding carboxylic acids is 2. The third-order valence-electron chi connectivity index (χ3n) is 3.85. The topological polar surface area (TPSA) is 67.4 Å². The van der Waals surface area contributed by atoms with Gasteiger partial charge in [-0.05, 0) is 41.8 Å². The standard InChI is InChI=1S/C18H17BrN2O3/c19-13-5-7-14(8-6-13)21-18(23)17(22)20-11-16-15-4-2-1-3-12(15)9-10-24-16/h1-8,16H,9-11H2,(H,20,22)(H,21,23)/t16-/m1/s1. The van der Waals surface area contributed by atoms with Crippen molar-refractivity contribution >= 4 is 33.4 Å². The Balaban J connectivity index is 1.56. The van der Waals surface area contributed by atoms with Crippen LogP contribution < -0.4 is 10.6 Å². The van der Waals surface area contributed by atoms with Crippen LogP contribution in [0, 0.1) is 0 Å². The highest BCUT2D eigenvalue weighted by Crippen LogP contribution is 2.26. The van der Waals surface area contributed by atoms with E-state index in [1.165, 1.54) is 5.56 Å². The Hall–Kier alpha value is -2.18. The third-order valence-corrected chi connectivity index (χ3v) is 4.38. The van der Waals surface area contributed by atoms with Crippen LogP contribution in [0.2, 0.25) is 0 Å². The fraction of sp³-hybridized carbons (Fsp3) is 0.222. The van der Waals surface area contributed by atoms with E-state index in [1.807, 2.05) is 18.2 Å². The molecule has 0 aromatic heterocycles. The highest BCUT2D eigenvalue weighted by Gasteiger charge is 2.22. The van der Waals surface area contributed by atoms with Crippen LogP contribution in [0.5, 0.6) is 0 Å². The van der Waals surface area contributed by atoms with Crippen molar-refractivity contribution in [3.8, 4) is 0 Å². The van der Waals surface area contributed by atoms with Crippen molar-refractivity contribution < 1.29 is 14.3 Å². The minimum Gasteiger partial charge on any atom is -0.371 e. The number of hydrogen-bond donors (Lipinski definition) is 2. The van der Waals surface area contributed by atoms with Crippen molar-refractivity contribution in [2.45, 2.75) is 12.5 Å². The van der Waals surface area contributed by atoms with E-state index in [9.17, 15) is 9.59 Å². The van der Waals surface area contributed by atoms with Gasteiger partial charge in [-0.15, -0.1) is 0 Å². The Morgan fingerprint density at radius 1 is 1.08 bits per heavy atom. The molecule has 5 nitrogen and oxygen atoms in total. The molecule has 2 aromatic rings. The van der Waals surface area contributed by atoms with E-state index in [4.69, 9.17) is 4.74 Å². The molecule has 0 spiro atoms. The van der Waals surface area contributed by atoms with Crippen LogP contribution in [0.4, 0.5) is 5.69 Å². The minimum atomic E-state index is -0.693. The number of rotatable bonds is 3. The van der Waals surface area contributed by atoms with E-state index < -0.39 is 11.8 Å². The average Bonchev–Trinajstić information content (AvgIpc) is 2.61. The average molecular weight is 389 g/mol. The number of nitrogens with one attached hydrogen (secondary N) is 2. The lowest BCUT2D eigenvalue weighted by atomic mass is 9.97. The highest BCUT2D eigenvalue weighted by atomic mass is 79.9. The summed E-state index contributed by atoms with van der Waals surface area (Å²) in [4.78, 5) is 23.9. The van der Waals surface area contributed by atoms with E-state index in [2.05, 4.69) is 32.6 Å². The SMILES string of the molecule is O=C(NC[C@H]1OCCc2ccccc21)C(=O)Nc1ccc(Br)cc1. The molecule has 0 saturated heterocycles. The van der Waals surface area contributed by atoms with E-state index in [0.29, 0.717) is 12.3 Å². The first-order valence-electron chi connectivity index (χ1n) is 7.67. The second-order valence-corrected chi connectivity index (χ2v) is 6.39. The van der Waals surface area contributed by atoms with Crippen LogP contribution >= 0.6 is 15.9 Å². The summed E-state index contributed by atoms with van der Waals surface area (Å²) in [6, 6.07) is 15.0. The minimum absolute atomic E-state index is 0.223. The van der Waals surface area contributed by atoms with Crippen molar-refractivity contribution in [2.24, 2.45) is 0 Å². The second-order valence-electron chi connectivity index (χ2n) is 5.48. The van der Waals surface area contributed by atoms with Gasteiger partial charge in [-0.3, -0.25) is 9.59 Å². The van der Waals surface area contributed by atoms with Gasteiger partial charge in [0, 0.05) is 16.7 Å². The van der Waals surface area contributed by atoms with Gasteiger partial charge in [0.15, 0.2) is 0 Å². The molecule has 1 atom stereocenters. The van der Waals surface area contributed by atoms with Gasteiger partial charge in [-0.25, -0.2) is 0 Å². The molecule has 0 radical (unpaired) electrons. The number of carbonyl (C=O) groups is 2. The summed E-state index contributed by atoms with van der Waals surface area (Å²) in [7, 11) is 0. The Morgan fingerprint density at radius 3 is 2.62 bits per heavy atom. The summed E-state index contributed by atoms with van der Waals surface area (Å²) in [6.45, 7) is 0.881. The zero-order chi connectivity index (χ0) is 16.9. The summed E-state index contributed by atoms with van der Waals surface area (Å²) in [6.07, 6.45) is 0.643. The van der Waals surface area contributed by atoms with E-state index >= 15 is 0 Å². The summed E-state index contributed by atoms with van der Waals surface area (Å²) in [5, 5.41) is 5.20. The summed E-state index contributed by atoms with van der Waals surface area (Å²) < 4.78 is 6.62. The smallest absolute Gasteiger partial charge is 0.313 e. The van der Waals surface area contributed by atoms with Gasteiger partial charge in [-0.2, -0.15) is 0 Å². The maximum Gasteiger partial charge on any atom is 0.313 e. The molecule has 124 valence electrons. The van der Waals surface area contributed by atoms with Crippen LogP contribution in [0.25, 0.3) is 0 Å². The third kappa shape index (κ3) is 4.01. The number of hydrogen-bond acceptors (Lipinski definition) is 3. The second kappa shape index (κ2) is 7.59. The lowest BCUT2D eigenvalue weighted by molar-refractivity contribution is -0.136. The van der Waals surface area contributed by atoms with Crippen LogP contribution in [-0.2, 0) is 20.7 Å². The van der Waals surface area contributed by atoms with Crippen molar-refractivity contribution in [3.63, 3.8) is 0 Å². The Labute approximate surface area is 148 Å². The van der Waals surface area contributed by atoms with Gasteiger partial charge in [0.1, 0.15) is 6.10 Å². The van der Waals surface area contributed by atoms with Crippen LogP contribution in [-0.4, -0.2) is 25.0 Å². The Kier molecular flexibility index (Phi) is 5.27. The molecule has 6 heteroatoms. The predicted molar refractivity (Wildman–Crippen MR) is 94.6 cm³/mol. The summed E-state index contributed by atoms with van der Waals surface area (Å²) in [5.41, 5.74) is 2.86.